The van der Waals surface area contributed by atoms with Crippen molar-refractivity contribution >= 4 is 6.16 Å². The van der Waals surface area contributed by atoms with E-state index in [1.165, 1.54) is 0 Å². The molecule has 0 bridgehead atoms. The molecule has 0 aliphatic carbocycles. The third-order valence-electron chi connectivity index (χ3n) is 1.18. The second kappa shape index (κ2) is 3.54. The molecule has 0 aromatic rings. The fourth-order valence-electron chi connectivity index (χ4n) is 0.699. The number of carbonyl (C=O) groups excluding carboxylic acids is 1. The Bertz CT molecular complexity index is 144. The Labute approximate surface area is 63.9 Å². The summed E-state index contributed by atoms with van der Waals surface area (Å²) in [6.07, 6.45) is -1.58. The van der Waals surface area contributed by atoms with Crippen molar-refractivity contribution in [3.8, 4) is 0 Å². The minimum absolute atomic E-state index is 0.228. The molecule has 5 heteroatoms. The van der Waals surface area contributed by atoms with Crippen LogP contribution in [-0.2, 0) is 14.2 Å². The molecule has 0 saturated carbocycles. The highest BCUT2D eigenvalue weighted by molar-refractivity contribution is 5.61. The smallest absolute Gasteiger partial charge is 0.430 e. The summed E-state index contributed by atoms with van der Waals surface area (Å²) >= 11 is 0. The van der Waals surface area contributed by atoms with Crippen LogP contribution < -0.4 is 0 Å². The van der Waals surface area contributed by atoms with Crippen molar-refractivity contribution in [1.29, 1.82) is 0 Å². The molecule has 0 spiro atoms. The van der Waals surface area contributed by atoms with Crippen LogP contribution in [0.25, 0.3) is 0 Å². The largest absolute Gasteiger partial charge is 0.508 e. The van der Waals surface area contributed by atoms with Gasteiger partial charge >= 0.3 is 6.16 Å². The highest BCUT2D eigenvalue weighted by atomic mass is 16.8. The van der Waals surface area contributed by atoms with Gasteiger partial charge in [0, 0.05) is 6.92 Å². The summed E-state index contributed by atoms with van der Waals surface area (Å²) in [4.78, 5) is 10.4. The van der Waals surface area contributed by atoms with Gasteiger partial charge in [-0.1, -0.05) is 0 Å². The minimum atomic E-state index is -0.656. The summed E-state index contributed by atoms with van der Waals surface area (Å²) in [6, 6.07) is 0. The van der Waals surface area contributed by atoms with E-state index in [0.29, 0.717) is 0 Å². The number of cyclic esters (lactones) is 2. The van der Waals surface area contributed by atoms with Crippen LogP contribution >= 0.6 is 0 Å². The minimum Gasteiger partial charge on any atom is -0.430 e. The lowest BCUT2D eigenvalue weighted by Crippen LogP contribution is -2.21. The number of hydrogen-bond donors (Lipinski definition) is 0. The van der Waals surface area contributed by atoms with Gasteiger partial charge in [-0.3, -0.25) is 0 Å². The monoisotopic (exact) mass is 163 g/mol. The summed E-state index contributed by atoms with van der Waals surface area (Å²) < 4.78 is 14.0. The van der Waals surface area contributed by atoms with Gasteiger partial charge in [-0.05, 0) is 0 Å². The van der Waals surface area contributed by atoms with Gasteiger partial charge in [0.05, 0.1) is 6.61 Å². The molecule has 1 aliphatic heterocycles. The molecule has 5 nitrogen and oxygen atoms in total. The van der Waals surface area contributed by atoms with Crippen molar-refractivity contribution in [3.63, 3.8) is 0 Å². The van der Waals surface area contributed by atoms with Crippen molar-refractivity contribution in [2.24, 2.45) is 0 Å². The lowest BCUT2D eigenvalue weighted by molar-refractivity contribution is -0.105. The second-order valence-electron chi connectivity index (χ2n) is 2.28. The van der Waals surface area contributed by atoms with Gasteiger partial charge < -0.3 is 19.3 Å². The van der Waals surface area contributed by atoms with Crippen molar-refractivity contribution in [3.05, 3.63) is 0 Å². The van der Waals surface area contributed by atoms with Crippen LogP contribution in [0.2, 0.25) is 0 Å². The van der Waals surface area contributed by atoms with E-state index in [2.05, 4.69) is 9.47 Å². The van der Waals surface area contributed by atoms with Crippen molar-refractivity contribution in [2.45, 2.75) is 19.3 Å². The van der Waals surface area contributed by atoms with E-state index >= 15 is 0 Å². The fraction of sp³-hybridized carbons (Fsp3) is 0.833. The Morgan fingerprint density at radius 1 is 1.91 bits per heavy atom. The normalized spacial score (nSPS) is 26.0. The molecule has 0 amide bonds. The van der Waals surface area contributed by atoms with Gasteiger partial charge in [-0.2, -0.15) is 0 Å². The SMILES string of the molecule is CC([OH2+])OCC1COC(=O)O1. The lowest BCUT2D eigenvalue weighted by Gasteiger charge is -2.06. The molecular formula is C6H11O5+. The van der Waals surface area contributed by atoms with Crippen molar-refractivity contribution < 1.29 is 24.1 Å². The molecule has 2 N–H and O–H groups in total. The van der Waals surface area contributed by atoms with Gasteiger partial charge in [0.1, 0.15) is 6.61 Å². The quantitative estimate of drug-likeness (QED) is 0.323. The third-order valence-corrected chi connectivity index (χ3v) is 1.18. The first-order valence-electron chi connectivity index (χ1n) is 3.34. The second-order valence-corrected chi connectivity index (χ2v) is 2.28. The first-order valence-corrected chi connectivity index (χ1v) is 3.34. The average Bonchev–Trinajstić information content (AvgIpc) is 2.31. The van der Waals surface area contributed by atoms with Gasteiger partial charge in [-0.15, -0.1) is 0 Å². The van der Waals surface area contributed by atoms with E-state index in [1.54, 1.807) is 6.92 Å². The highest BCUT2D eigenvalue weighted by Crippen LogP contribution is 2.06. The molecule has 1 rings (SSSR count). The van der Waals surface area contributed by atoms with Gasteiger partial charge in [0.2, 0.25) is 0 Å². The fourth-order valence-corrected chi connectivity index (χ4v) is 0.699. The molecule has 1 saturated heterocycles. The predicted molar refractivity (Wildman–Crippen MR) is 35.2 cm³/mol. The summed E-state index contributed by atoms with van der Waals surface area (Å²) in [5.41, 5.74) is 0. The van der Waals surface area contributed by atoms with Crippen LogP contribution in [0.15, 0.2) is 0 Å². The van der Waals surface area contributed by atoms with E-state index < -0.39 is 12.4 Å². The molecule has 11 heavy (non-hydrogen) atoms. The molecule has 0 radical (unpaired) electrons. The highest BCUT2D eigenvalue weighted by Gasteiger charge is 2.25. The predicted octanol–water partition coefficient (Wildman–Crippen LogP) is -0.391. The zero-order chi connectivity index (χ0) is 8.27. The van der Waals surface area contributed by atoms with Gasteiger partial charge in [0.15, 0.2) is 6.10 Å². The van der Waals surface area contributed by atoms with Crippen molar-refractivity contribution in [1.82, 2.24) is 0 Å². The van der Waals surface area contributed by atoms with E-state index in [4.69, 9.17) is 9.84 Å². The van der Waals surface area contributed by atoms with E-state index in [1.807, 2.05) is 0 Å². The Morgan fingerprint density at radius 3 is 3.09 bits per heavy atom. The first-order chi connectivity index (χ1) is 5.18. The van der Waals surface area contributed by atoms with Crippen LogP contribution in [0.1, 0.15) is 6.92 Å². The molecular weight excluding hydrogens is 152 g/mol. The topological polar surface area (TPSA) is 67.7 Å². The summed E-state index contributed by atoms with van der Waals surface area (Å²) in [5.74, 6) is 0. The summed E-state index contributed by atoms with van der Waals surface area (Å²) in [5, 5.41) is 6.99. The number of hydrogen-bond acceptors (Lipinski definition) is 4. The summed E-state index contributed by atoms with van der Waals surface area (Å²) in [6.45, 7) is 2.06. The Hall–Kier alpha value is -0.810. The number of carbonyl (C=O) groups is 1. The standard InChI is InChI=1S/C6H10O5/c1-4(7)9-2-5-3-10-6(8)11-5/h4-5,7H,2-3H2,1H3/p+1. The third kappa shape index (κ3) is 2.73. The maximum Gasteiger partial charge on any atom is 0.508 e. The van der Waals surface area contributed by atoms with Crippen LogP contribution in [-0.4, -0.2) is 36.9 Å². The molecule has 64 valence electrons. The van der Waals surface area contributed by atoms with Gasteiger partial charge in [0.25, 0.3) is 6.29 Å². The molecule has 2 atom stereocenters. The molecule has 2 unspecified atom stereocenters. The zero-order valence-corrected chi connectivity index (χ0v) is 6.20. The van der Waals surface area contributed by atoms with Crippen LogP contribution in [0.5, 0.6) is 0 Å². The average molecular weight is 163 g/mol. The van der Waals surface area contributed by atoms with E-state index in [0.717, 1.165) is 0 Å². The lowest BCUT2D eigenvalue weighted by atomic mass is 10.4. The molecule has 1 fully saturated rings. The maximum atomic E-state index is 10.4. The van der Waals surface area contributed by atoms with Crippen LogP contribution in [0, 0.1) is 0 Å². The Balaban J connectivity index is 2.13. The van der Waals surface area contributed by atoms with Gasteiger partial charge in [-0.25, -0.2) is 4.79 Å². The zero-order valence-electron chi connectivity index (χ0n) is 6.20. The molecule has 1 aliphatic rings. The van der Waals surface area contributed by atoms with Crippen LogP contribution in [0.3, 0.4) is 0 Å². The maximum absolute atomic E-state index is 10.4. The number of rotatable bonds is 3. The summed E-state index contributed by atoms with van der Waals surface area (Å²) in [7, 11) is 0. The Morgan fingerprint density at radius 2 is 2.64 bits per heavy atom. The van der Waals surface area contributed by atoms with Crippen molar-refractivity contribution in [2.75, 3.05) is 13.2 Å². The van der Waals surface area contributed by atoms with Crippen LogP contribution in [0.4, 0.5) is 4.79 Å². The number of ether oxygens (including phenoxy) is 3. The first kappa shape index (κ1) is 8.29. The van der Waals surface area contributed by atoms with E-state index in [-0.39, 0.29) is 19.3 Å². The molecule has 0 aromatic carbocycles. The molecule has 1 heterocycles. The van der Waals surface area contributed by atoms with E-state index in [9.17, 15) is 4.79 Å². The molecule has 0 aromatic heterocycles. The Kier molecular flexibility index (Phi) is 2.67.